The fourth-order valence-electron chi connectivity index (χ4n) is 4.74. The number of nitrogens with one attached hydrogen (secondary N) is 2. The van der Waals surface area contributed by atoms with Crippen molar-refractivity contribution in [3.63, 3.8) is 0 Å². The van der Waals surface area contributed by atoms with E-state index in [1.165, 1.54) is 12.1 Å². The Bertz CT molecular complexity index is 1180. The fourth-order valence-corrected chi connectivity index (χ4v) is 5.42. The molecule has 4 heterocycles. The van der Waals surface area contributed by atoms with Crippen molar-refractivity contribution in [2.24, 2.45) is 0 Å². The maximum atomic E-state index is 13.9. The van der Waals surface area contributed by atoms with Crippen LogP contribution in [0.1, 0.15) is 37.5 Å². The van der Waals surface area contributed by atoms with Gasteiger partial charge in [-0.1, -0.05) is 23.2 Å². The Morgan fingerprint density at radius 2 is 2.15 bits per heavy atom. The smallest absolute Gasteiger partial charge is 0.166 e. The van der Waals surface area contributed by atoms with Crippen molar-refractivity contribution in [1.29, 1.82) is 0 Å². The first kappa shape index (κ1) is 22.4. The fraction of sp³-hybridized carbons (Fsp3) is 0.391. The minimum atomic E-state index is -0.636. The molecule has 2 saturated heterocycles. The van der Waals surface area contributed by atoms with Gasteiger partial charge in [-0.3, -0.25) is 4.68 Å². The van der Waals surface area contributed by atoms with Gasteiger partial charge in [-0.05, 0) is 44.5 Å². The van der Waals surface area contributed by atoms with Gasteiger partial charge in [0.25, 0.3) is 0 Å². The number of hydrogen-bond donors (Lipinski definition) is 3. The molecule has 2 fully saturated rings. The summed E-state index contributed by atoms with van der Waals surface area (Å²) in [5.41, 5.74) is 8.32. The highest BCUT2D eigenvalue weighted by atomic mass is 35.5. The predicted octanol–water partition coefficient (Wildman–Crippen LogP) is 4.38. The second-order valence-corrected chi connectivity index (χ2v) is 9.56. The number of rotatable bonds is 5. The van der Waals surface area contributed by atoms with E-state index >= 15 is 0 Å². The summed E-state index contributed by atoms with van der Waals surface area (Å²) < 4.78 is 22.0. The van der Waals surface area contributed by atoms with Crippen LogP contribution in [-0.4, -0.2) is 39.9 Å². The van der Waals surface area contributed by atoms with Crippen molar-refractivity contribution < 1.29 is 9.13 Å². The van der Waals surface area contributed by atoms with Crippen LogP contribution in [0, 0.1) is 5.82 Å². The topological polar surface area (TPSA) is 90.0 Å². The zero-order valence-corrected chi connectivity index (χ0v) is 19.6. The van der Waals surface area contributed by atoms with E-state index < -0.39 is 11.9 Å². The number of nitrogens with zero attached hydrogens (tertiary/aromatic N) is 3. The molecule has 3 atom stereocenters. The number of hydrogen-bond acceptors (Lipinski definition) is 6. The van der Waals surface area contributed by atoms with Gasteiger partial charge in [-0.25, -0.2) is 9.37 Å². The highest BCUT2D eigenvalue weighted by Crippen LogP contribution is 2.37. The minimum absolute atomic E-state index is 0.0700. The molecule has 0 aliphatic carbocycles. The second kappa shape index (κ2) is 8.76. The third-order valence-electron chi connectivity index (χ3n) is 6.56. The van der Waals surface area contributed by atoms with Crippen LogP contribution in [-0.2, 0) is 0 Å². The van der Waals surface area contributed by atoms with E-state index in [4.69, 9.17) is 33.7 Å². The van der Waals surface area contributed by atoms with E-state index in [1.807, 2.05) is 17.1 Å². The Morgan fingerprint density at radius 1 is 1.30 bits per heavy atom. The molecule has 2 aliphatic rings. The molecule has 10 heteroatoms. The molecule has 174 valence electrons. The molecule has 1 aromatic carbocycles. The number of nitrogens with two attached hydrogens (primary N) is 1. The van der Waals surface area contributed by atoms with Gasteiger partial charge in [0.1, 0.15) is 11.9 Å². The summed E-state index contributed by atoms with van der Waals surface area (Å²) in [5.74, 6) is 0.0234. The monoisotopic (exact) mass is 490 g/mol. The summed E-state index contributed by atoms with van der Waals surface area (Å²) in [6, 6.07) is 4.78. The Morgan fingerprint density at radius 3 is 2.94 bits per heavy atom. The summed E-state index contributed by atoms with van der Waals surface area (Å²) in [6.07, 6.45) is 7.07. The zero-order chi connectivity index (χ0) is 23.2. The van der Waals surface area contributed by atoms with Gasteiger partial charge in [0.05, 0.1) is 17.3 Å². The van der Waals surface area contributed by atoms with Crippen LogP contribution < -0.4 is 21.1 Å². The van der Waals surface area contributed by atoms with Gasteiger partial charge >= 0.3 is 0 Å². The molecule has 3 aromatic rings. The van der Waals surface area contributed by atoms with E-state index in [1.54, 1.807) is 19.2 Å². The number of benzene rings is 1. The lowest BCUT2D eigenvalue weighted by Crippen LogP contribution is -2.41. The molecule has 0 saturated carbocycles. The number of anilines is 1. The molecule has 4 N–H and O–H groups in total. The maximum Gasteiger partial charge on any atom is 0.166 e. The normalized spacial score (nSPS) is 23.3. The third-order valence-corrected chi connectivity index (χ3v) is 7.28. The number of ether oxygens (including phenoxy) is 1. The first-order valence-corrected chi connectivity index (χ1v) is 11.7. The molecule has 0 radical (unpaired) electrons. The zero-order valence-electron chi connectivity index (χ0n) is 18.1. The number of nitrogen functional groups attached to an aromatic ring is 1. The summed E-state index contributed by atoms with van der Waals surface area (Å²) in [7, 11) is 0. The summed E-state index contributed by atoms with van der Waals surface area (Å²) in [5, 5.41) is 12.0. The molecule has 0 amide bonds. The lowest BCUT2D eigenvalue weighted by Gasteiger charge is -2.21. The molecule has 0 bridgehead atoms. The number of halogens is 3. The molecule has 33 heavy (non-hydrogen) atoms. The molecular weight excluding hydrogens is 466 g/mol. The molecule has 1 spiro atoms. The minimum Gasteiger partial charge on any atom is -0.482 e. The standard InChI is InChI=1S/C23H25Cl2FN6O/c1-13(20-17(24)2-3-18(26)21(20)25)33-19-6-14(8-29-22(19)27)15-9-31-32(11-15)16-7-23(30-10-16)4-5-28-12-23/h2-3,6,8-9,11,13,16,28,30H,4-5,7,10,12H2,1H3,(H2,27,29). The van der Waals surface area contributed by atoms with Crippen LogP contribution in [0.5, 0.6) is 5.75 Å². The molecular formula is C23H25Cl2FN6O. The van der Waals surface area contributed by atoms with E-state index in [9.17, 15) is 4.39 Å². The van der Waals surface area contributed by atoms with Gasteiger partial charge < -0.3 is 21.1 Å². The van der Waals surface area contributed by atoms with E-state index in [2.05, 4.69) is 20.7 Å². The molecule has 7 nitrogen and oxygen atoms in total. The van der Waals surface area contributed by atoms with Crippen molar-refractivity contribution in [1.82, 2.24) is 25.4 Å². The van der Waals surface area contributed by atoms with Crippen LogP contribution in [0.2, 0.25) is 10.0 Å². The molecule has 3 unspecified atom stereocenters. The van der Waals surface area contributed by atoms with Gasteiger partial charge in [0, 0.05) is 52.7 Å². The van der Waals surface area contributed by atoms with Crippen molar-refractivity contribution in [3.05, 3.63) is 58.2 Å². The first-order valence-electron chi connectivity index (χ1n) is 10.9. The average Bonchev–Trinajstić information content (AvgIpc) is 3.55. The van der Waals surface area contributed by atoms with Crippen LogP contribution in [0.25, 0.3) is 11.1 Å². The highest BCUT2D eigenvalue weighted by molar-refractivity contribution is 6.36. The quantitative estimate of drug-likeness (QED) is 0.459. The van der Waals surface area contributed by atoms with Gasteiger partial charge in [-0.2, -0.15) is 5.10 Å². The SMILES string of the molecule is CC(Oc1cc(-c2cnn(C3CNC4(CCNC4)C3)c2)cnc1N)c1c(Cl)ccc(F)c1Cl. The largest absolute Gasteiger partial charge is 0.482 e. The third kappa shape index (κ3) is 4.28. The Labute approximate surface area is 201 Å². The van der Waals surface area contributed by atoms with E-state index in [0.717, 1.165) is 43.6 Å². The van der Waals surface area contributed by atoms with Crippen molar-refractivity contribution in [2.45, 2.75) is 37.5 Å². The van der Waals surface area contributed by atoms with Crippen LogP contribution in [0.3, 0.4) is 0 Å². The lowest BCUT2D eigenvalue weighted by molar-refractivity contribution is 0.227. The lowest BCUT2D eigenvalue weighted by atomic mass is 9.95. The highest BCUT2D eigenvalue weighted by Gasteiger charge is 2.41. The Hall–Kier alpha value is -2.39. The number of aromatic nitrogens is 3. The summed E-state index contributed by atoms with van der Waals surface area (Å²) in [4.78, 5) is 4.28. The summed E-state index contributed by atoms with van der Waals surface area (Å²) in [6.45, 7) is 4.67. The molecule has 5 rings (SSSR count). The van der Waals surface area contributed by atoms with Crippen LogP contribution in [0.15, 0.2) is 36.8 Å². The Balaban J connectivity index is 1.36. The average molecular weight is 491 g/mol. The molecule has 2 aliphatic heterocycles. The van der Waals surface area contributed by atoms with Crippen molar-refractivity contribution in [2.75, 3.05) is 25.4 Å². The van der Waals surface area contributed by atoms with Crippen LogP contribution >= 0.6 is 23.2 Å². The first-order chi connectivity index (χ1) is 15.8. The Kier molecular flexibility index (Phi) is 5.95. The van der Waals surface area contributed by atoms with E-state index in [0.29, 0.717) is 22.4 Å². The maximum absolute atomic E-state index is 13.9. The summed E-state index contributed by atoms with van der Waals surface area (Å²) >= 11 is 12.4. The second-order valence-electron chi connectivity index (χ2n) is 8.78. The number of pyridine rings is 1. The van der Waals surface area contributed by atoms with Crippen molar-refractivity contribution in [3.8, 4) is 16.9 Å². The van der Waals surface area contributed by atoms with Crippen molar-refractivity contribution >= 4 is 29.0 Å². The van der Waals surface area contributed by atoms with Gasteiger partial charge in [0.15, 0.2) is 11.6 Å². The van der Waals surface area contributed by atoms with E-state index in [-0.39, 0.29) is 16.4 Å². The van der Waals surface area contributed by atoms with Gasteiger partial charge in [-0.15, -0.1) is 0 Å². The molecule has 2 aromatic heterocycles. The predicted molar refractivity (Wildman–Crippen MR) is 127 cm³/mol. The van der Waals surface area contributed by atoms with Crippen LogP contribution in [0.4, 0.5) is 10.2 Å². The van der Waals surface area contributed by atoms with Gasteiger partial charge in [0.2, 0.25) is 0 Å².